The second kappa shape index (κ2) is 15.8. The highest BCUT2D eigenvalue weighted by Crippen LogP contribution is 2.20. The molecule has 12 nitrogen and oxygen atoms in total. The number of carbonyl (C=O) groups excluding carboxylic acids is 5. The zero-order valence-corrected chi connectivity index (χ0v) is 26.3. The second-order valence-corrected chi connectivity index (χ2v) is 11.8. The van der Waals surface area contributed by atoms with Crippen LogP contribution in [0.2, 0.25) is 0 Å². The third-order valence-electron chi connectivity index (χ3n) is 8.28. The minimum atomic E-state index is -0.985. The van der Waals surface area contributed by atoms with E-state index >= 15 is 0 Å². The summed E-state index contributed by atoms with van der Waals surface area (Å²) in [7, 11) is 0. The van der Waals surface area contributed by atoms with Gasteiger partial charge in [-0.1, -0.05) is 48.5 Å². The van der Waals surface area contributed by atoms with Crippen LogP contribution in [-0.4, -0.2) is 83.3 Å². The number of pyridine rings is 1. The number of benzene rings is 2. The first-order chi connectivity index (χ1) is 22.8. The standard InChI is InChI=1S/C35H40N6O6/c1-23-32(43)40-28(33(44)37-18-16-26-10-5-6-17-36-26)20-25-12-14-27(15-13-25)47-22-31(42)39-29(21-24-8-3-2-4-9-24)35(46)41-19-7-11-30(41)34(45)38-23/h2-6,8-10,12-15,17,23,28-30H,7,11,16,18-22H2,1H3,(H,37,44)(H,38,45)(H,39,42)(H,40,43)/t23-,28-,29+,30+/m0/s1. The van der Waals surface area contributed by atoms with Crippen molar-refractivity contribution in [2.75, 3.05) is 19.7 Å². The maximum atomic E-state index is 13.9. The van der Waals surface area contributed by atoms with Crippen molar-refractivity contribution in [3.05, 3.63) is 95.8 Å². The Labute approximate surface area is 273 Å². The van der Waals surface area contributed by atoms with Crippen molar-refractivity contribution in [2.45, 2.75) is 63.2 Å². The number of ether oxygens (including phenoxy) is 1. The molecule has 12 heteroatoms. The normalized spacial score (nSPS) is 22.4. The minimum Gasteiger partial charge on any atom is -0.484 e. The van der Waals surface area contributed by atoms with Gasteiger partial charge in [0.2, 0.25) is 23.6 Å². The topological polar surface area (TPSA) is 159 Å². The molecule has 1 aromatic heterocycles. The van der Waals surface area contributed by atoms with Crippen LogP contribution in [-0.2, 0) is 43.2 Å². The summed E-state index contributed by atoms with van der Waals surface area (Å²) in [4.78, 5) is 72.7. The Morgan fingerprint density at radius 1 is 0.936 bits per heavy atom. The summed E-state index contributed by atoms with van der Waals surface area (Å²) in [6, 6.07) is 18.1. The van der Waals surface area contributed by atoms with E-state index in [-0.39, 0.29) is 31.3 Å². The highest BCUT2D eigenvalue weighted by atomic mass is 16.5. The molecule has 0 aliphatic carbocycles. The van der Waals surface area contributed by atoms with Gasteiger partial charge in [0, 0.05) is 44.2 Å². The molecule has 47 heavy (non-hydrogen) atoms. The van der Waals surface area contributed by atoms with Crippen LogP contribution in [0.5, 0.6) is 5.75 Å². The molecule has 3 aliphatic heterocycles. The molecule has 3 aliphatic rings. The lowest BCUT2D eigenvalue weighted by molar-refractivity contribution is -0.142. The molecular formula is C35H40N6O6. The van der Waals surface area contributed by atoms with Crippen molar-refractivity contribution < 1.29 is 28.7 Å². The van der Waals surface area contributed by atoms with Crippen molar-refractivity contribution >= 4 is 29.5 Å². The fraction of sp³-hybridized carbons (Fsp3) is 0.371. The van der Waals surface area contributed by atoms with Crippen molar-refractivity contribution in [1.29, 1.82) is 0 Å². The smallest absolute Gasteiger partial charge is 0.258 e. The number of carbonyl (C=O) groups is 5. The lowest BCUT2D eigenvalue weighted by Gasteiger charge is -2.29. The molecule has 4 heterocycles. The number of hydrogen-bond donors (Lipinski definition) is 4. The summed E-state index contributed by atoms with van der Waals surface area (Å²) in [6.07, 6.45) is 3.61. The monoisotopic (exact) mass is 640 g/mol. The fourth-order valence-corrected chi connectivity index (χ4v) is 5.76. The van der Waals surface area contributed by atoms with Gasteiger partial charge in [0.25, 0.3) is 5.91 Å². The Morgan fingerprint density at radius 3 is 2.45 bits per heavy atom. The third-order valence-corrected chi connectivity index (χ3v) is 8.28. The lowest BCUT2D eigenvalue weighted by Crippen LogP contribution is -2.58. The summed E-state index contributed by atoms with van der Waals surface area (Å²) in [5, 5.41) is 11.2. The molecule has 4 atom stereocenters. The number of hydrogen-bond acceptors (Lipinski definition) is 7. The maximum absolute atomic E-state index is 13.9. The molecule has 4 N–H and O–H groups in total. The predicted molar refractivity (Wildman–Crippen MR) is 173 cm³/mol. The molecule has 3 aromatic rings. The quantitative estimate of drug-likeness (QED) is 0.314. The van der Waals surface area contributed by atoms with E-state index < -0.39 is 41.9 Å². The zero-order valence-electron chi connectivity index (χ0n) is 26.3. The summed E-state index contributed by atoms with van der Waals surface area (Å²) in [6.45, 7) is 1.87. The Bertz CT molecular complexity index is 1550. The maximum Gasteiger partial charge on any atom is 0.258 e. The van der Waals surface area contributed by atoms with Gasteiger partial charge >= 0.3 is 0 Å². The van der Waals surface area contributed by atoms with Crippen LogP contribution in [0, 0.1) is 0 Å². The van der Waals surface area contributed by atoms with Gasteiger partial charge < -0.3 is 30.9 Å². The predicted octanol–water partition coefficient (Wildman–Crippen LogP) is 1.08. The van der Waals surface area contributed by atoms with E-state index in [1.165, 1.54) is 11.8 Å². The number of fused-ring (bicyclic) bond motifs is 13. The Morgan fingerprint density at radius 2 is 1.70 bits per heavy atom. The molecule has 1 saturated heterocycles. The summed E-state index contributed by atoms with van der Waals surface area (Å²) in [5.41, 5.74) is 2.42. The van der Waals surface area contributed by atoms with Gasteiger partial charge in [0.1, 0.15) is 29.9 Å². The van der Waals surface area contributed by atoms with E-state index in [4.69, 9.17) is 4.74 Å². The van der Waals surface area contributed by atoms with Gasteiger partial charge in [-0.05, 0) is 55.2 Å². The molecular weight excluding hydrogens is 600 g/mol. The van der Waals surface area contributed by atoms with Gasteiger partial charge in [-0.15, -0.1) is 0 Å². The van der Waals surface area contributed by atoms with Gasteiger partial charge in [-0.2, -0.15) is 0 Å². The van der Waals surface area contributed by atoms with E-state index in [9.17, 15) is 24.0 Å². The number of amides is 5. The van der Waals surface area contributed by atoms with Gasteiger partial charge in [-0.25, -0.2) is 0 Å². The largest absolute Gasteiger partial charge is 0.484 e. The average Bonchev–Trinajstić information content (AvgIpc) is 3.58. The van der Waals surface area contributed by atoms with Crippen molar-refractivity contribution in [3.63, 3.8) is 0 Å². The Kier molecular flexibility index (Phi) is 11.2. The molecule has 0 unspecified atom stereocenters. The van der Waals surface area contributed by atoms with Crippen LogP contribution >= 0.6 is 0 Å². The molecule has 5 amide bonds. The van der Waals surface area contributed by atoms with Gasteiger partial charge in [0.05, 0.1) is 0 Å². The molecule has 2 bridgehead atoms. The number of aromatic nitrogens is 1. The summed E-state index contributed by atoms with van der Waals surface area (Å²) in [5.74, 6) is -1.83. The first-order valence-electron chi connectivity index (χ1n) is 15.9. The molecule has 1 fully saturated rings. The van der Waals surface area contributed by atoms with Crippen molar-refractivity contribution in [2.24, 2.45) is 0 Å². The van der Waals surface area contributed by atoms with Gasteiger partial charge in [0.15, 0.2) is 6.61 Å². The highest BCUT2D eigenvalue weighted by Gasteiger charge is 2.38. The van der Waals surface area contributed by atoms with Crippen LogP contribution < -0.4 is 26.0 Å². The summed E-state index contributed by atoms with van der Waals surface area (Å²) < 4.78 is 5.72. The minimum absolute atomic E-state index is 0.175. The van der Waals surface area contributed by atoms with Crippen LogP contribution in [0.15, 0.2) is 79.0 Å². The van der Waals surface area contributed by atoms with E-state index in [1.54, 1.807) is 30.5 Å². The molecule has 246 valence electrons. The van der Waals surface area contributed by atoms with Crippen LogP contribution in [0.3, 0.4) is 0 Å². The zero-order chi connectivity index (χ0) is 33.2. The molecule has 6 rings (SSSR count). The Balaban J connectivity index is 1.35. The highest BCUT2D eigenvalue weighted by molar-refractivity contribution is 5.96. The SMILES string of the molecule is C[C@@H]1NC(=O)[C@H]2CCCN2C(=O)[C@@H](Cc2ccccc2)NC(=O)COc2ccc(cc2)C[C@@H](C(=O)NCCc2ccccn2)NC1=O. The Hall–Kier alpha value is -5.26. The van der Waals surface area contributed by atoms with Crippen molar-refractivity contribution in [3.8, 4) is 5.75 Å². The van der Waals surface area contributed by atoms with Crippen molar-refractivity contribution in [1.82, 2.24) is 31.2 Å². The number of nitrogens with one attached hydrogen (secondary N) is 4. The lowest BCUT2D eigenvalue weighted by atomic mass is 10.0. The average molecular weight is 641 g/mol. The fourth-order valence-electron chi connectivity index (χ4n) is 5.76. The first-order valence-corrected chi connectivity index (χ1v) is 15.9. The van der Waals surface area contributed by atoms with E-state index in [0.717, 1.165) is 16.8 Å². The molecule has 2 aromatic carbocycles. The first kappa shape index (κ1) is 33.1. The second-order valence-electron chi connectivity index (χ2n) is 11.8. The summed E-state index contributed by atoms with van der Waals surface area (Å²) >= 11 is 0. The number of nitrogens with zero attached hydrogens (tertiary/aromatic N) is 2. The molecule has 0 radical (unpaired) electrons. The van der Waals surface area contributed by atoms with E-state index in [0.29, 0.717) is 38.1 Å². The molecule has 0 saturated carbocycles. The van der Waals surface area contributed by atoms with E-state index in [2.05, 4.69) is 26.3 Å². The van der Waals surface area contributed by atoms with Crippen LogP contribution in [0.25, 0.3) is 0 Å². The van der Waals surface area contributed by atoms with Crippen LogP contribution in [0.1, 0.15) is 36.6 Å². The van der Waals surface area contributed by atoms with E-state index in [1.807, 2.05) is 48.5 Å². The van der Waals surface area contributed by atoms with Gasteiger partial charge in [-0.3, -0.25) is 29.0 Å². The van der Waals surface area contributed by atoms with Crippen LogP contribution in [0.4, 0.5) is 0 Å². The number of rotatable bonds is 6. The molecule has 0 spiro atoms. The third kappa shape index (κ3) is 9.15.